The largest absolute Gasteiger partial charge is 0.255 e. The first-order valence-electron chi connectivity index (χ1n) is 23.9. The summed E-state index contributed by atoms with van der Waals surface area (Å²) in [7, 11) is 0. The summed E-state index contributed by atoms with van der Waals surface area (Å²) in [5.41, 5.74) is 17.3. The minimum atomic E-state index is 0.727. The van der Waals surface area contributed by atoms with E-state index in [0.717, 1.165) is 109 Å². The third kappa shape index (κ3) is 10.4. The monoisotopic (exact) mass is 909 g/mol. The van der Waals surface area contributed by atoms with Gasteiger partial charge in [0.1, 0.15) is 76.4 Å². The van der Waals surface area contributed by atoms with Gasteiger partial charge in [0.15, 0.2) is 0 Å². The minimum absolute atomic E-state index is 0.727. The maximum absolute atomic E-state index is 4.74. The van der Waals surface area contributed by atoms with E-state index >= 15 is 0 Å². The summed E-state index contributed by atoms with van der Waals surface area (Å²) < 4.78 is 13.8. The van der Waals surface area contributed by atoms with Gasteiger partial charge in [-0.25, -0.2) is 27.4 Å². The summed E-state index contributed by atoms with van der Waals surface area (Å²) in [6.45, 7) is 11.5. The highest BCUT2D eigenvalue weighted by molar-refractivity contribution is 5.56. The molecule has 69 heavy (non-hydrogen) atoms. The molecule has 0 spiro atoms. The zero-order valence-corrected chi connectivity index (χ0v) is 39.6. The summed E-state index contributed by atoms with van der Waals surface area (Å²) in [5.74, 6) is 0. The molecule has 0 radical (unpaired) electrons. The fourth-order valence-electron chi connectivity index (χ4n) is 9.55. The molecule has 9 aromatic heterocycles. The second-order valence-electron chi connectivity index (χ2n) is 17.5. The molecular formula is C57H57N12+3. The van der Waals surface area contributed by atoms with Gasteiger partial charge in [-0.05, 0) is 90.6 Å². The van der Waals surface area contributed by atoms with Crippen molar-refractivity contribution in [2.45, 2.75) is 79.3 Å². The van der Waals surface area contributed by atoms with Crippen LogP contribution in [0.15, 0.2) is 184 Å². The van der Waals surface area contributed by atoms with E-state index in [4.69, 9.17) is 15.0 Å². The molecule has 9 heterocycles. The molecule has 0 amide bonds. The first-order chi connectivity index (χ1) is 34.0. The molecule has 10 rings (SSSR count). The first kappa shape index (κ1) is 44.6. The Morgan fingerprint density at radius 3 is 0.899 bits per heavy atom. The second kappa shape index (κ2) is 20.7. The van der Waals surface area contributed by atoms with Crippen molar-refractivity contribution in [1.29, 1.82) is 0 Å². The lowest BCUT2D eigenvalue weighted by Crippen LogP contribution is -2.32. The van der Waals surface area contributed by atoms with Crippen molar-refractivity contribution in [2.75, 3.05) is 0 Å². The van der Waals surface area contributed by atoms with Crippen LogP contribution in [0.25, 0.3) is 34.2 Å². The number of rotatable bonds is 18. The van der Waals surface area contributed by atoms with Crippen LogP contribution in [0, 0.1) is 0 Å². The lowest BCUT2D eigenvalue weighted by atomic mass is 9.83. The molecule has 0 N–H and O–H groups in total. The van der Waals surface area contributed by atoms with Crippen molar-refractivity contribution < 1.29 is 13.7 Å². The fraction of sp³-hybridized carbons (Fsp3) is 0.211. The summed E-state index contributed by atoms with van der Waals surface area (Å²) in [6, 6.07) is 30.4. The van der Waals surface area contributed by atoms with Gasteiger partial charge >= 0.3 is 0 Å². The SMILES string of the molecule is CCc1c(Cn2cc[n+](Cc3ccc(-c4ccccn4)nc3)c2)c(CC)c(Cn2cc[n+](Cc3ccc(-c4ccccn4)nc3)c2)c(CC)c1Cn1cc[n+](Cc2ccc(-c3ccccn3)nc2)c1. The Hall–Kier alpha value is -8.25. The second-order valence-corrected chi connectivity index (χ2v) is 17.5. The number of aromatic nitrogens is 12. The Bertz CT molecular complexity index is 2880. The van der Waals surface area contributed by atoms with E-state index in [-0.39, 0.29) is 0 Å². The molecule has 0 atom stereocenters. The quantitative estimate of drug-likeness (QED) is 0.0804. The molecule has 0 fully saturated rings. The van der Waals surface area contributed by atoms with Crippen molar-refractivity contribution in [3.05, 3.63) is 234 Å². The molecule has 342 valence electrons. The molecule has 12 nitrogen and oxygen atoms in total. The van der Waals surface area contributed by atoms with Gasteiger partial charge in [-0.2, -0.15) is 0 Å². The van der Waals surface area contributed by atoms with Crippen molar-refractivity contribution in [2.24, 2.45) is 0 Å². The lowest BCUT2D eigenvalue weighted by molar-refractivity contribution is -0.688. The molecule has 1 aromatic carbocycles. The number of benzene rings is 1. The van der Waals surface area contributed by atoms with Crippen molar-refractivity contribution >= 4 is 0 Å². The van der Waals surface area contributed by atoms with Gasteiger partial charge in [0, 0.05) is 70.6 Å². The van der Waals surface area contributed by atoms with Gasteiger partial charge in [-0.1, -0.05) is 57.2 Å². The molecule has 0 aliphatic heterocycles. The minimum Gasteiger partial charge on any atom is -0.255 e. The van der Waals surface area contributed by atoms with E-state index in [9.17, 15) is 0 Å². The zero-order chi connectivity index (χ0) is 46.9. The van der Waals surface area contributed by atoms with Crippen LogP contribution in [0.2, 0.25) is 0 Å². The van der Waals surface area contributed by atoms with Crippen LogP contribution < -0.4 is 13.7 Å². The maximum atomic E-state index is 4.74. The topological polar surface area (TPSA) is 104 Å². The van der Waals surface area contributed by atoms with Gasteiger partial charge in [0.05, 0.1) is 34.2 Å². The van der Waals surface area contributed by atoms with E-state index < -0.39 is 0 Å². The van der Waals surface area contributed by atoms with Crippen LogP contribution in [-0.4, -0.2) is 43.6 Å². The van der Waals surface area contributed by atoms with Gasteiger partial charge in [-0.3, -0.25) is 29.9 Å². The summed E-state index contributed by atoms with van der Waals surface area (Å²) >= 11 is 0. The van der Waals surface area contributed by atoms with Gasteiger partial charge < -0.3 is 0 Å². The summed E-state index contributed by atoms with van der Waals surface area (Å²) in [5, 5.41) is 0. The molecule has 0 saturated heterocycles. The Morgan fingerprint density at radius 2 is 0.652 bits per heavy atom. The van der Waals surface area contributed by atoms with Gasteiger partial charge in [0.2, 0.25) is 19.0 Å². The Labute approximate surface area is 403 Å². The Kier molecular flexibility index (Phi) is 13.4. The van der Waals surface area contributed by atoms with E-state index in [0.29, 0.717) is 0 Å². The molecule has 0 aliphatic carbocycles. The van der Waals surface area contributed by atoms with Gasteiger partial charge in [0.25, 0.3) is 0 Å². The zero-order valence-electron chi connectivity index (χ0n) is 39.6. The van der Waals surface area contributed by atoms with Crippen LogP contribution in [0.1, 0.15) is 70.8 Å². The van der Waals surface area contributed by atoms with Crippen LogP contribution in [0.4, 0.5) is 0 Å². The highest BCUT2D eigenvalue weighted by Crippen LogP contribution is 2.33. The third-order valence-corrected chi connectivity index (χ3v) is 12.9. The smallest absolute Gasteiger partial charge is 0.244 e. The molecule has 0 unspecified atom stereocenters. The van der Waals surface area contributed by atoms with Crippen LogP contribution in [-0.2, 0) is 58.5 Å². The molecule has 0 aliphatic rings. The normalized spacial score (nSPS) is 11.3. The van der Waals surface area contributed by atoms with Gasteiger partial charge in [-0.15, -0.1) is 0 Å². The molecule has 12 heteroatoms. The predicted molar refractivity (Wildman–Crippen MR) is 265 cm³/mol. The molecular weight excluding hydrogens is 853 g/mol. The number of imidazole rings is 3. The van der Waals surface area contributed by atoms with Crippen molar-refractivity contribution in [3.63, 3.8) is 0 Å². The number of hydrogen-bond acceptors (Lipinski definition) is 6. The number of nitrogens with zero attached hydrogens (tertiary/aromatic N) is 12. The third-order valence-electron chi connectivity index (χ3n) is 12.9. The van der Waals surface area contributed by atoms with Crippen LogP contribution >= 0.6 is 0 Å². The highest BCUT2D eigenvalue weighted by Gasteiger charge is 2.26. The number of hydrogen-bond donors (Lipinski definition) is 0. The first-order valence-corrected chi connectivity index (χ1v) is 23.9. The molecule has 0 saturated carbocycles. The maximum Gasteiger partial charge on any atom is 0.244 e. The average Bonchev–Trinajstić information content (AvgIpc) is 4.17. The average molecular weight is 910 g/mol. The fourth-order valence-corrected chi connectivity index (χ4v) is 9.55. The predicted octanol–water partition coefficient (Wildman–Crippen LogP) is 8.30. The summed E-state index contributed by atoms with van der Waals surface area (Å²) in [4.78, 5) is 27.6. The van der Waals surface area contributed by atoms with E-state index in [1.54, 1.807) is 18.6 Å². The van der Waals surface area contributed by atoms with E-state index in [1.165, 1.54) is 33.4 Å². The number of pyridine rings is 6. The van der Waals surface area contributed by atoms with E-state index in [2.05, 4.69) is 156 Å². The lowest BCUT2D eigenvalue weighted by Gasteiger charge is -2.24. The molecule has 10 aromatic rings. The summed E-state index contributed by atoms with van der Waals surface area (Å²) in [6.07, 6.45) is 34.0. The Morgan fingerprint density at radius 1 is 0.348 bits per heavy atom. The van der Waals surface area contributed by atoms with Crippen molar-refractivity contribution in [3.8, 4) is 34.2 Å². The highest BCUT2D eigenvalue weighted by atomic mass is 15.1. The van der Waals surface area contributed by atoms with Crippen LogP contribution in [0.3, 0.4) is 0 Å². The Balaban J connectivity index is 0.942. The molecule has 0 bridgehead atoms. The standard InChI is InChI=1S/C57H57N12/c1-4-46-49(37-67-28-25-64(40-67)34-43-16-19-55(61-31-43)52-13-7-10-22-58-52)47(5-2)51(39-69-30-27-66(42-69)36-45-18-21-57(63-33-45)54-15-9-12-24-60-54)48(6-3)50(46)38-68-29-26-65(41-68)35-44-17-20-56(62-32-44)53-14-8-11-23-59-53/h7-33,40-42H,4-6,34-39H2,1-3H3/q+3. The van der Waals surface area contributed by atoms with Crippen molar-refractivity contribution in [1.82, 2.24) is 43.6 Å². The van der Waals surface area contributed by atoms with E-state index in [1.807, 2.05) is 73.2 Å². The van der Waals surface area contributed by atoms with Crippen LogP contribution in [0.5, 0.6) is 0 Å².